The molecule has 0 spiro atoms. The molecule has 0 bridgehead atoms. The van der Waals surface area contributed by atoms with Crippen LogP contribution in [0.3, 0.4) is 0 Å². The van der Waals surface area contributed by atoms with Crippen LogP contribution in [0.1, 0.15) is 32.8 Å². The van der Waals surface area contributed by atoms with E-state index >= 15 is 0 Å². The van der Waals surface area contributed by atoms with E-state index in [1.165, 1.54) is 4.90 Å². The minimum Gasteiger partial charge on any atom is -0.480 e. The van der Waals surface area contributed by atoms with Crippen molar-refractivity contribution >= 4 is 18.0 Å². The second kappa shape index (κ2) is 7.55. The third kappa shape index (κ3) is 5.20. The molecular formula is C18H24N2O5. The van der Waals surface area contributed by atoms with E-state index in [4.69, 9.17) is 9.84 Å². The van der Waals surface area contributed by atoms with Gasteiger partial charge in [0.25, 0.3) is 0 Å². The number of benzene rings is 1. The molecule has 7 nitrogen and oxygen atoms in total. The predicted molar refractivity (Wildman–Crippen MR) is 91.1 cm³/mol. The van der Waals surface area contributed by atoms with Gasteiger partial charge in [0.05, 0.1) is 6.04 Å². The van der Waals surface area contributed by atoms with Gasteiger partial charge in [-0.3, -0.25) is 9.59 Å². The number of carbonyl (C=O) groups is 3. The van der Waals surface area contributed by atoms with Crippen molar-refractivity contribution in [1.82, 2.24) is 10.2 Å². The van der Waals surface area contributed by atoms with Crippen molar-refractivity contribution in [3.05, 3.63) is 35.9 Å². The van der Waals surface area contributed by atoms with Gasteiger partial charge >= 0.3 is 12.1 Å². The fraction of sp³-hybridized carbons (Fsp3) is 0.500. The molecule has 0 unspecified atom stereocenters. The van der Waals surface area contributed by atoms with Crippen LogP contribution in [0.2, 0.25) is 0 Å². The summed E-state index contributed by atoms with van der Waals surface area (Å²) >= 11 is 0. The van der Waals surface area contributed by atoms with Crippen LogP contribution in [-0.2, 0) is 20.7 Å². The Labute approximate surface area is 147 Å². The number of hydrogen-bond donors (Lipinski definition) is 2. The molecule has 0 aromatic heterocycles. The first-order valence-corrected chi connectivity index (χ1v) is 8.23. The predicted octanol–water partition coefficient (Wildman–Crippen LogP) is 1.81. The lowest BCUT2D eigenvalue weighted by molar-refractivity contribution is -0.158. The maximum Gasteiger partial charge on any atom is 0.408 e. The third-order valence-corrected chi connectivity index (χ3v) is 3.88. The lowest BCUT2D eigenvalue weighted by atomic mass is 9.89. The molecule has 0 aliphatic carbocycles. The molecule has 2 rings (SSSR count). The number of β-lactam (4-membered cyclic amide) rings is 1. The summed E-state index contributed by atoms with van der Waals surface area (Å²) in [5.41, 5.74) is 0.421. The molecule has 0 saturated carbocycles. The smallest absolute Gasteiger partial charge is 0.408 e. The third-order valence-electron chi connectivity index (χ3n) is 3.88. The summed E-state index contributed by atoms with van der Waals surface area (Å²) in [6, 6.07) is 8.59. The summed E-state index contributed by atoms with van der Waals surface area (Å²) in [7, 11) is 0. The van der Waals surface area contributed by atoms with Crippen LogP contribution in [0.5, 0.6) is 0 Å². The average Bonchev–Trinajstić information content (AvgIpc) is 2.51. The number of carbonyl (C=O) groups excluding carboxylic acids is 2. The number of amides is 2. The van der Waals surface area contributed by atoms with Crippen molar-refractivity contribution in [2.24, 2.45) is 0 Å². The summed E-state index contributed by atoms with van der Waals surface area (Å²) in [6.07, 6.45) is 0.566. The number of rotatable bonds is 6. The molecule has 1 fully saturated rings. The second-order valence-electron chi connectivity index (χ2n) is 7.08. The van der Waals surface area contributed by atoms with Crippen LogP contribution in [0.25, 0.3) is 0 Å². The van der Waals surface area contributed by atoms with Crippen molar-refractivity contribution in [2.75, 3.05) is 6.54 Å². The Morgan fingerprint density at radius 2 is 1.88 bits per heavy atom. The van der Waals surface area contributed by atoms with Crippen molar-refractivity contribution in [3.63, 3.8) is 0 Å². The molecule has 1 aliphatic rings. The number of likely N-dealkylation sites (tertiary alicyclic amines) is 1. The molecule has 2 N–H and O–H groups in total. The van der Waals surface area contributed by atoms with Gasteiger partial charge in [-0.05, 0) is 39.2 Å². The minimum absolute atomic E-state index is 0.365. The van der Waals surface area contributed by atoms with E-state index in [-0.39, 0.29) is 12.6 Å². The zero-order chi connectivity index (χ0) is 18.6. The number of nitrogens with one attached hydrogen (secondary N) is 1. The lowest BCUT2D eigenvalue weighted by Gasteiger charge is -2.46. The van der Waals surface area contributed by atoms with Gasteiger partial charge in [0.15, 0.2) is 0 Å². The van der Waals surface area contributed by atoms with Crippen molar-refractivity contribution in [3.8, 4) is 0 Å². The summed E-state index contributed by atoms with van der Waals surface area (Å²) in [5.74, 6) is -1.47. The highest BCUT2D eigenvalue weighted by molar-refractivity contribution is 5.94. The van der Waals surface area contributed by atoms with Crippen molar-refractivity contribution in [1.29, 1.82) is 0 Å². The van der Waals surface area contributed by atoms with Gasteiger partial charge in [-0.1, -0.05) is 30.3 Å². The van der Waals surface area contributed by atoms with Crippen molar-refractivity contribution < 1.29 is 24.2 Å². The Balaban J connectivity index is 2.01. The van der Waals surface area contributed by atoms with Gasteiger partial charge in [-0.15, -0.1) is 0 Å². The van der Waals surface area contributed by atoms with E-state index in [1.54, 1.807) is 20.8 Å². The number of carboxylic acids is 1. The summed E-state index contributed by atoms with van der Waals surface area (Å²) in [4.78, 5) is 36.4. The molecule has 136 valence electrons. The van der Waals surface area contributed by atoms with Gasteiger partial charge in [0, 0.05) is 0 Å². The quantitative estimate of drug-likeness (QED) is 0.765. The van der Waals surface area contributed by atoms with Crippen LogP contribution in [0.4, 0.5) is 4.79 Å². The van der Waals surface area contributed by atoms with Gasteiger partial charge < -0.3 is 20.1 Å². The van der Waals surface area contributed by atoms with E-state index in [9.17, 15) is 14.4 Å². The second-order valence-corrected chi connectivity index (χ2v) is 7.08. The Morgan fingerprint density at radius 3 is 2.44 bits per heavy atom. The van der Waals surface area contributed by atoms with E-state index in [0.717, 1.165) is 5.56 Å². The lowest BCUT2D eigenvalue weighted by Crippen LogP contribution is -2.71. The number of aryl methyl sites for hydroxylation is 1. The Kier molecular flexibility index (Phi) is 5.66. The Bertz CT molecular complexity index is 639. The van der Waals surface area contributed by atoms with Gasteiger partial charge in [0.2, 0.25) is 5.91 Å². The number of aliphatic carboxylic acids is 1. The van der Waals surface area contributed by atoms with Crippen LogP contribution in [0, 0.1) is 0 Å². The fourth-order valence-corrected chi connectivity index (χ4v) is 2.82. The highest BCUT2D eigenvalue weighted by atomic mass is 16.6. The van der Waals surface area contributed by atoms with E-state index in [1.807, 2.05) is 30.3 Å². The fourth-order valence-electron chi connectivity index (χ4n) is 2.82. The van der Waals surface area contributed by atoms with E-state index in [0.29, 0.717) is 12.8 Å². The van der Waals surface area contributed by atoms with Gasteiger partial charge in [0.1, 0.15) is 18.2 Å². The molecule has 1 saturated heterocycles. The number of nitrogens with zero attached hydrogens (tertiary/aromatic N) is 1. The molecule has 7 heteroatoms. The summed E-state index contributed by atoms with van der Waals surface area (Å²) in [5, 5.41) is 11.6. The highest BCUT2D eigenvalue weighted by Gasteiger charge is 2.48. The average molecular weight is 348 g/mol. The van der Waals surface area contributed by atoms with E-state index < -0.39 is 29.6 Å². The molecular weight excluding hydrogens is 324 g/mol. The van der Waals surface area contributed by atoms with Crippen molar-refractivity contribution in [2.45, 2.75) is 51.3 Å². The molecule has 1 aliphatic heterocycles. The zero-order valence-electron chi connectivity index (χ0n) is 14.7. The SMILES string of the molecule is CC(C)(C)OC(=O)N[C@@H]1C(=O)N(CC(=O)O)[C@@H]1CCc1ccccc1. The molecule has 1 aromatic rings. The molecule has 2 atom stereocenters. The number of hydrogen-bond acceptors (Lipinski definition) is 4. The van der Waals surface area contributed by atoms with Crippen LogP contribution in [0.15, 0.2) is 30.3 Å². The molecule has 0 radical (unpaired) electrons. The first-order valence-electron chi connectivity index (χ1n) is 8.23. The topological polar surface area (TPSA) is 95.9 Å². The van der Waals surface area contributed by atoms with Crippen LogP contribution < -0.4 is 5.32 Å². The zero-order valence-corrected chi connectivity index (χ0v) is 14.7. The summed E-state index contributed by atoms with van der Waals surface area (Å²) in [6.45, 7) is 4.83. The van der Waals surface area contributed by atoms with Crippen LogP contribution >= 0.6 is 0 Å². The molecule has 25 heavy (non-hydrogen) atoms. The minimum atomic E-state index is -1.08. The highest BCUT2D eigenvalue weighted by Crippen LogP contribution is 2.25. The molecule has 1 heterocycles. The van der Waals surface area contributed by atoms with Crippen LogP contribution in [-0.4, -0.2) is 52.2 Å². The van der Waals surface area contributed by atoms with E-state index in [2.05, 4.69) is 5.32 Å². The normalized spacial score (nSPS) is 20.0. The summed E-state index contributed by atoms with van der Waals surface area (Å²) < 4.78 is 5.18. The molecule has 2 amide bonds. The maximum atomic E-state index is 12.2. The standard InChI is InChI=1S/C18H24N2O5/c1-18(2,3)25-17(24)19-15-13(20(16(15)23)11-14(21)22)10-9-12-7-5-4-6-8-12/h4-8,13,15H,9-11H2,1-3H3,(H,19,24)(H,21,22)/t13-,15+/m1/s1. The number of carboxylic acid groups (broad SMARTS) is 1. The molecule has 1 aromatic carbocycles. The first kappa shape index (κ1) is 18.8. The maximum absolute atomic E-state index is 12.2. The number of ether oxygens (including phenoxy) is 1. The largest absolute Gasteiger partial charge is 0.480 e. The Hall–Kier alpha value is -2.57. The first-order chi connectivity index (χ1) is 11.7. The van der Waals surface area contributed by atoms with Gasteiger partial charge in [-0.2, -0.15) is 0 Å². The van der Waals surface area contributed by atoms with Gasteiger partial charge in [-0.25, -0.2) is 4.79 Å². The Morgan fingerprint density at radius 1 is 1.24 bits per heavy atom. The number of alkyl carbamates (subject to hydrolysis) is 1. The monoisotopic (exact) mass is 348 g/mol.